The molecule has 0 saturated heterocycles. The van der Waals surface area contributed by atoms with Crippen LogP contribution in [0.2, 0.25) is 0 Å². The van der Waals surface area contributed by atoms with Crippen molar-refractivity contribution in [2.45, 2.75) is 6.92 Å². The summed E-state index contributed by atoms with van der Waals surface area (Å²) in [6.45, 7) is 1.35. The molecule has 0 fully saturated rings. The SMILES string of the molecule is COc1ccc(OC)c(C(=O)COC(=O)c2cnn(C)c2C)c1. The average molecular weight is 318 g/mol. The summed E-state index contributed by atoms with van der Waals surface area (Å²) in [6.07, 6.45) is 1.41. The van der Waals surface area contributed by atoms with Gasteiger partial charge in [-0.1, -0.05) is 0 Å². The van der Waals surface area contributed by atoms with E-state index in [0.717, 1.165) is 0 Å². The molecule has 23 heavy (non-hydrogen) atoms. The second-order valence-electron chi connectivity index (χ2n) is 4.83. The number of carbonyl (C=O) groups excluding carboxylic acids is 2. The number of methoxy groups -OCH3 is 2. The molecular weight excluding hydrogens is 300 g/mol. The van der Waals surface area contributed by atoms with Crippen LogP contribution in [-0.2, 0) is 11.8 Å². The third-order valence-corrected chi connectivity index (χ3v) is 3.50. The number of aromatic nitrogens is 2. The quantitative estimate of drug-likeness (QED) is 0.597. The molecule has 1 heterocycles. The Labute approximate surface area is 133 Å². The molecule has 0 unspecified atom stereocenters. The Morgan fingerprint density at radius 2 is 1.91 bits per heavy atom. The fourth-order valence-electron chi connectivity index (χ4n) is 2.02. The number of hydrogen-bond acceptors (Lipinski definition) is 6. The van der Waals surface area contributed by atoms with E-state index >= 15 is 0 Å². The first-order chi connectivity index (χ1) is 11.0. The highest BCUT2D eigenvalue weighted by molar-refractivity contribution is 6.01. The maximum atomic E-state index is 12.3. The third kappa shape index (κ3) is 3.50. The number of rotatable bonds is 6. The van der Waals surface area contributed by atoms with Crippen LogP contribution >= 0.6 is 0 Å². The first kappa shape index (κ1) is 16.5. The molecule has 2 rings (SSSR count). The standard InChI is InChI=1S/C16H18N2O5/c1-10-13(8-17-18(10)2)16(20)23-9-14(19)12-7-11(21-3)5-6-15(12)22-4/h5-8H,9H2,1-4H3. The molecule has 0 saturated carbocycles. The summed E-state index contributed by atoms with van der Waals surface area (Å²) in [5.41, 5.74) is 1.29. The van der Waals surface area contributed by atoms with Crippen LogP contribution in [0, 0.1) is 6.92 Å². The van der Waals surface area contributed by atoms with Crippen LogP contribution < -0.4 is 9.47 Å². The summed E-state index contributed by atoms with van der Waals surface area (Å²) in [4.78, 5) is 24.3. The maximum absolute atomic E-state index is 12.3. The highest BCUT2D eigenvalue weighted by Gasteiger charge is 2.19. The molecule has 2 aromatic rings. The molecule has 0 atom stereocenters. The predicted octanol–water partition coefficient (Wildman–Crippen LogP) is 1.79. The fraction of sp³-hybridized carbons (Fsp3) is 0.312. The lowest BCUT2D eigenvalue weighted by Gasteiger charge is -2.10. The van der Waals surface area contributed by atoms with Gasteiger partial charge < -0.3 is 14.2 Å². The molecule has 0 spiro atoms. The monoisotopic (exact) mass is 318 g/mol. The Kier molecular flexibility index (Phi) is 5.00. The van der Waals surface area contributed by atoms with Crippen molar-refractivity contribution in [2.24, 2.45) is 7.05 Å². The molecule has 7 heteroatoms. The summed E-state index contributed by atoms with van der Waals surface area (Å²) < 4.78 is 16.9. The second kappa shape index (κ2) is 6.95. The smallest absolute Gasteiger partial charge is 0.342 e. The van der Waals surface area contributed by atoms with Gasteiger partial charge in [-0.3, -0.25) is 9.48 Å². The van der Waals surface area contributed by atoms with Crippen LogP contribution in [0.5, 0.6) is 11.5 Å². The van der Waals surface area contributed by atoms with Gasteiger partial charge in [0.25, 0.3) is 0 Å². The van der Waals surface area contributed by atoms with E-state index in [-0.39, 0.29) is 5.78 Å². The number of ether oxygens (including phenoxy) is 3. The predicted molar refractivity (Wildman–Crippen MR) is 82.1 cm³/mol. The number of carbonyl (C=O) groups is 2. The van der Waals surface area contributed by atoms with Crippen molar-refractivity contribution in [2.75, 3.05) is 20.8 Å². The lowest BCUT2D eigenvalue weighted by molar-refractivity contribution is 0.0473. The van der Waals surface area contributed by atoms with E-state index in [9.17, 15) is 9.59 Å². The Balaban J connectivity index is 2.10. The molecule has 0 radical (unpaired) electrons. The summed E-state index contributed by atoms with van der Waals surface area (Å²) in [5.74, 6) is -0.0607. The van der Waals surface area contributed by atoms with Crippen LogP contribution in [0.1, 0.15) is 26.4 Å². The Morgan fingerprint density at radius 3 is 2.48 bits per heavy atom. The van der Waals surface area contributed by atoms with E-state index in [4.69, 9.17) is 14.2 Å². The molecule has 0 aliphatic heterocycles. The van der Waals surface area contributed by atoms with E-state index in [1.807, 2.05) is 0 Å². The van der Waals surface area contributed by atoms with E-state index in [2.05, 4.69) is 5.10 Å². The van der Waals surface area contributed by atoms with E-state index < -0.39 is 12.6 Å². The Hall–Kier alpha value is -2.83. The van der Waals surface area contributed by atoms with Gasteiger partial charge in [-0.2, -0.15) is 5.10 Å². The number of esters is 1. The van der Waals surface area contributed by atoms with Crippen LogP contribution in [0.25, 0.3) is 0 Å². The van der Waals surface area contributed by atoms with Crippen LogP contribution in [-0.4, -0.2) is 42.4 Å². The van der Waals surface area contributed by atoms with Crippen molar-refractivity contribution in [1.29, 1.82) is 0 Å². The average Bonchev–Trinajstić information content (AvgIpc) is 2.91. The highest BCUT2D eigenvalue weighted by atomic mass is 16.5. The summed E-state index contributed by atoms with van der Waals surface area (Å²) in [6, 6.07) is 4.85. The first-order valence-electron chi connectivity index (χ1n) is 6.89. The van der Waals surface area contributed by atoms with Crippen molar-refractivity contribution < 1.29 is 23.8 Å². The largest absolute Gasteiger partial charge is 0.497 e. The number of aryl methyl sites for hydroxylation is 1. The number of ketones is 1. The van der Waals surface area contributed by atoms with Gasteiger partial charge in [0.2, 0.25) is 5.78 Å². The van der Waals surface area contributed by atoms with Crippen LogP contribution in [0.15, 0.2) is 24.4 Å². The molecule has 122 valence electrons. The number of nitrogens with zero attached hydrogens (tertiary/aromatic N) is 2. The molecular formula is C16H18N2O5. The minimum atomic E-state index is -0.592. The van der Waals surface area contributed by atoms with Crippen molar-refractivity contribution in [1.82, 2.24) is 9.78 Å². The third-order valence-electron chi connectivity index (χ3n) is 3.50. The summed E-state index contributed by atoms with van der Waals surface area (Å²) in [7, 11) is 4.68. The molecule has 0 aliphatic carbocycles. The van der Waals surface area contributed by atoms with E-state index in [0.29, 0.717) is 28.3 Å². The molecule has 1 aromatic heterocycles. The van der Waals surface area contributed by atoms with Gasteiger partial charge in [0.1, 0.15) is 17.1 Å². The summed E-state index contributed by atoms with van der Waals surface area (Å²) in [5, 5.41) is 3.97. The normalized spacial score (nSPS) is 10.3. The molecule has 1 aromatic carbocycles. The second-order valence-corrected chi connectivity index (χ2v) is 4.83. The van der Waals surface area contributed by atoms with Gasteiger partial charge in [0, 0.05) is 12.7 Å². The molecule has 0 amide bonds. The lowest BCUT2D eigenvalue weighted by Crippen LogP contribution is -2.15. The fourth-order valence-corrected chi connectivity index (χ4v) is 2.02. The van der Waals surface area contributed by atoms with Gasteiger partial charge in [0.05, 0.1) is 26.0 Å². The molecule has 0 bridgehead atoms. The zero-order valence-corrected chi connectivity index (χ0v) is 13.5. The minimum absolute atomic E-state index is 0.294. The topological polar surface area (TPSA) is 79.7 Å². The van der Waals surface area contributed by atoms with E-state index in [1.165, 1.54) is 20.4 Å². The number of hydrogen-bond donors (Lipinski definition) is 0. The van der Waals surface area contributed by atoms with Crippen LogP contribution in [0.3, 0.4) is 0 Å². The number of Topliss-reactive ketones (excluding diaryl/α,β-unsaturated/α-hetero) is 1. The minimum Gasteiger partial charge on any atom is -0.497 e. The maximum Gasteiger partial charge on any atom is 0.342 e. The van der Waals surface area contributed by atoms with Crippen molar-refractivity contribution in [3.63, 3.8) is 0 Å². The van der Waals surface area contributed by atoms with Crippen molar-refractivity contribution >= 4 is 11.8 Å². The molecule has 7 nitrogen and oxygen atoms in total. The Bertz CT molecular complexity index is 736. The van der Waals surface area contributed by atoms with E-state index in [1.54, 1.807) is 36.9 Å². The van der Waals surface area contributed by atoms with Gasteiger partial charge in [-0.15, -0.1) is 0 Å². The van der Waals surface area contributed by atoms with Gasteiger partial charge in [-0.25, -0.2) is 4.79 Å². The zero-order valence-electron chi connectivity index (χ0n) is 13.5. The first-order valence-corrected chi connectivity index (χ1v) is 6.89. The van der Waals surface area contributed by atoms with Crippen molar-refractivity contribution in [3.8, 4) is 11.5 Å². The summed E-state index contributed by atoms with van der Waals surface area (Å²) >= 11 is 0. The van der Waals surface area contributed by atoms with Gasteiger partial charge in [0.15, 0.2) is 6.61 Å². The van der Waals surface area contributed by atoms with Crippen LogP contribution in [0.4, 0.5) is 0 Å². The molecule has 0 aliphatic rings. The molecule has 0 N–H and O–H groups in total. The van der Waals surface area contributed by atoms with Crippen molar-refractivity contribution in [3.05, 3.63) is 41.2 Å². The van der Waals surface area contributed by atoms with Gasteiger partial charge in [-0.05, 0) is 25.1 Å². The number of benzene rings is 1. The zero-order chi connectivity index (χ0) is 17.0. The van der Waals surface area contributed by atoms with Gasteiger partial charge >= 0.3 is 5.97 Å². The lowest BCUT2D eigenvalue weighted by atomic mass is 10.1. The Morgan fingerprint density at radius 1 is 1.17 bits per heavy atom. The highest BCUT2D eigenvalue weighted by Crippen LogP contribution is 2.24.